The molecule has 7 heteroatoms. The van der Waals surface area contributed by atoms with E-state index in [0.717, 1.165) is 57.4 Å². The lowest BCUT2D eigenvalue weighted by Gasteiger charge is -2.26. The summed E-state index contributed by atoms with van der Waals surface area (Å²) in [6.07, 6.45) is 1.07. The zero-order valence-corrected chi connectivity index (χ0v) is 11.4. The first-order valence-electron chi connectivity index (χ1n) is 6.64. The highest BCUT2D eigenvalue weighted by atomic mass is 16.5. The molecule has 2 rings (SSSR count). The highest BCUT2D eigenvalue weighted by Gasteiger charge is 2.09. The topological polar surface area (TPSA) is 88.3 Å². The molecule has 0 atom stereocenters. The molecule has 0 bridgehead atoms. The van der Waals surface area contributed by atoms with Gasteiger partial charge in [0.2, 0.25) is 5.95 Å². The second kappa shape index (κ2) is 7.10. The van der Waals surface area contributed by atoms with Gasteiger partial charge in [0.1, 0.15) is 11.6 Å². The Balaban J connectivity index is 1.71. The molecule has 0 aliphatic carbocycles. The summed E-state index contributed by atoms with van der Waals surface area (Å²) in [7, 11) is 1.81. The molecule has 0 unspecified atom stereocenters. The third-order valence-corrected chi connectivity index (χ3v) is 3.06. The Labute approximate surface area is 113 Å². The molecule has 19 heavy (non-hydrogen) atoms. The lowest BCUT2D eigenvalue weighted by atomic mass is 10.3. The summed E-state index contributed by atoms with van der Waals surface area (Å²) >= 11 is 0. The Bertz CT molecular complexity index is 394. The average molecular weight is 266 g/mol. The van der Waals surface area contributed by atoms with Crippen LogP contribution in [-0.2, 0) is 4.74 Å². The molecule has 1 aliphatic heterocycles. The van der Waals surface area contributed by atoms with Gasteiger partial charge in [0, 0.05) is 32.7 Å². The van der Waals surface area contributed by atoms with Crippen LogP contribution in [0.3, 0.4) is 0 Å². The fourth-order valence-corrected chi connectivity index (χ4v) is 2.03. The van der Waals surface area contributed by atoms with Crippen LogP contribution in [0.1, 0.15) is 6.42 Å². The van der Waals surface area contributed by atoms with Crippen molar-refractivity contribution in [1.82, 2.24) is 14.9 Å². The fourth-order valence-electron chi connectivity index (χ4n) is 2.03. The summed E-state index contributed by atoms with van der Waals surface area (Å²) in [6.45, 7) is 5.71. The smallest absolute Gasteiger partial charge is 0.223 e. The predicted octanol–water partition coefficient (Wildman–Crippen LogP) is 0.235. The SMILES string of the molecule is CNc1cc(NCCCN2CCOCC2)nc(N)n1. The standard InChI is InChI=1S/C12H22N6O/c1-14-10-9-11(17-12(13)16-10)15-3-2-4-18-5-7-19-8-6-18/h9H,2-8H2,1H3,(H4,13,14,15,16,17). The Morgan fingerprint density at radius 1 is 1.32 bits per heavy atom. The van der Waals surface area contributed by atoms with Crippen LogP contribution in [0.25, 0.3) is 0 Å². The van der Waals surface area contributed by atoms with E-state index in [9.17, 15) is 0 Å². The number of nitrogens with zero attached hydrogens (tertiary/aromatic N) is 3. The highest BCUT2D eigenvalue weighted by Crippen LogP contribution is 2.11. The summed E-state index contributed by atoms with van der Waals surface area (Å²) in [4.78, 5) is 10.6. The number of nitrogens with one attached hydrogen (secondary N) is 2. The van der Waals surface area contributed by atoms with E-state index < -0.39 is 0 Å². The number of hydrogen-bond donors (Lipinski definition) is 3. The van der Waals surface area contributed by atoms with Crippen molar-refractivity contribution in [3.05, 3.63) is 6.07 Å². The van der Waals surface area contributed by atoms with Gasteiger partial charge in [-0.3, -0.25) is 4.90 Å². The maximum Gasteiger partial charge on any atom is 0.223 e. The maximum atomic E-state index is 5.63. The minimum Gasteiger partial charge on any atom is -0.379 e. The first kappa shape index (κ1) is 13.8. The molecule has 0 spiro atoms. The molecule has 1 aliphatic rings. The van der Waals surface area contributed by atoms with Gasteiger partial charge in [-0.15, -0.1) is 0 Å². The summed E-state index contributed by atoms with van der Waals surface area (Å²) in [5.74, 6) is 1.77. The van der Waals surface area contributed by atoms with Gasteiger partial charge in [-0.1, -0.05) is 0 Å². The van der Waals surface area contributed by atoms with Crippen molar-refractivity contribution in [1.29, 1.82) is 0 Å². The second-order valence-electron chi connectivity index (χ2n) is 4.48. The summed E-state index contributed by atoms with van der Waals surface area (Å²) in [6, 6.07) is 1.85. The molecule has 0 radical (unpaired) electrons. The van der Waals surface area contributed by atoms with Crippen LogP contribution in [0, 0.1) is 0 Å². The number of nitrogens with two attached hydrogens (primary N) is 1. The highest BCUT2D eigenvalue weighted by molar-refractivity contribution is 5.50. The van der Waals surface area contributed by atoms with Gasteiger partial charge in [-0.05, 0) is 13.0 Å². The van der Waals surface area contributed by atoms with Crippen LogP contribution in [0.4, 0.5) is 17.6 Å². The van der Waals surface area contributed by atoms with Crippen molar-refractivity contribution in [2.24, 2.45) is 0 Å². The maximum absolute atomic E-state index is 5.63. The van der Waals surface area contributed by atoms with Gasteiger partial charge in [0.25, 0.3) is 0 Å². The summed E-state index contributed by atoms with van der Waals surface area (Å²) in [5, 5.41) is 6.23. The van der Waals surface area contributed by atoms with Gasteiger partial charge < -0.3 is 21.1 Å². The van der Waals surface area contributed by atoms with Gasteiger partial charge in [0.15, 0.2) is 0 Å². The van der Waals surface area contributed by atoms with Gasteiger partial charge in [-0.2, -0.15) is 9.97 Å². The lowest BCUT2D eigenvalue weighted by Crippen LogP contribution is -2.37. The zero-order valence-electron chi connectivity index (χ0n) is 11.4. The Hall–Kier alpha value is -1.60. The van der Waals surface area contributed by atoms with Crippen molar-refractivity contribution in [2.75, 3.05) is 62.8 Å². The minimum atomic E-state index is 0.280. The monoisotopic (exact) mass is 266 g/mol. The predicted molar refractivity (Wildman–Crippen MR) is 76.4 cm³/mol. The molecule has 1 aromatic rings. The van der Waals surface area contributed by atoms with Crippen molar-refractivity contribution >= 4 is 17.6 Å². The van der Waals surface area contributed by atoms with E-state index in [1.165, 1.54) is 0 Å². The third kappa shape index (κ3) is 4.53. The van der Waals surface area contributed by atoms with E-state index in [0.29, 0.717) is 0 Å². The van der Waals surface area contributed by atoms with Gasteiger partial charge in [0.05, 0.1) is 13.2 Å². The van der Waals surface area contributed by atoms with Crippen molar-refractivity contribution in [2.45, 2.75) is 6.42 Å². The van der Waals surface area contributed by atoms with E-state index >= 15 is 0 Å². The molecule has 1 aromatic heterocycles. The fraction of sp³-hybridized carbons (Fsp3) is 0.667. The number of hydrogen-bond acceptors (Lipinski definition) is 7. The quantitative estimate of drug-likeness (QED) is 0.635. The van der Waals surface area contributed by atoms with Crippen LogP contribution < -0.4 is 16.4 Å². The van der Waals surface area contributed by atoms with Crippen LogP contribution in [0.5, 0.6) is 0 Å². The Kier molecular flexibility index (Phi) is 5.17. The molecule has 1 saturated heterocycles. The first-order chi connectivity index (χ1) is 9.28. The van der Waals surface area contributed by atoms with Gasteiger partial charge in [-0.25, -0.2) is 0 Å². The minimum absolute atomic E-state index is 0.280. The number of aromatic nitrogens is 2. The van der Waals surface area contributed by atoms with Crippen LogP contribution in [-0.4, -0.2) is 61.3 Å². The van der Waals surface area contributed by atoms with Crippen LogP contribution in [0.2, 0.25) is 0 Å². The third-order valence-electron chi connectivity index (χ3n) is 3.06. The first-order valence-corrected chi connectivity index (χ1v) is 6.64. The molecule has 1 fully saturated rings. The second-order valence-corrected chi connectivity index (χ2v) is 4.48. The van der Waals surface area contributed by atoms with Crippen molar-refractivity contribution in [3.63, 3.8) is 0 Å². The van der Waals surface area contributed by atoms with E-state index in [2.05, 4.69) is 25.5 Å². The number of ether oxygens (including phenoxy) is 1. The molecular formula is C12H22N6O. The molecule has 106 valence electrons. The Morgan fingerprint density at radius 3 is 2.79 bits per heavy atom. The van der Waals surface area contributed by atoms with Gasteiger partial charge >= 0.3 is 0 Å². The van der Waals surface area contributed by atoms with Crippen molar-refractivity contribution in [3.8, 4) is 0 Å². The summed E-state index contributed by atoms with van der Waals surface area (Å²) in [5.41, 5.74) is 5.63. The Morgan fingerprint density at radius 2 is 2.05 bits per heavy atom. The molecule has 0 aromatic carbocycles. The van der Waals surface area contributed by atoms with E-state index in [1.54, 1.807) is 0 Å². The van der Waals surface area contributed by atoms with Crippen molar-refractivity contribution < 1.29 is 4.74 Å². The molecule has 0 saturated carbocycles. The molecule has 4 N–H and O–H groups in total. The van der Waals surface area contributed by atoms with E-state index in [4.69, 9.17) is 10.5 Å². The van der Waals surface area contributed by atoms with E-state index in [-0.39, 0.29) is 5.95 Å². The number of nitrogen functional groups attached to an aromatic ring is 1. The number of anilines is 3. The lowest BCUT2D eigenvalue weighted by molar-refractivity contribution is 0.0378. The van der Waals surface area contributed by atoms with Crippen LogP contribution in [0.15, 0.2) is 6.07 Å². The largest absolute Gasteiger partial charge is 0.379 e. The number of morpholine rings is 1. The molecule has 7 nitrogen and oxygen atoms in total. The zero-order chi connectivity index (χ0) is 13.5. The normalized spacial score (nSPS) is 16.3. The average Bonchev–Trinajstić information content (AvgIpc) is 2.44. The van der Waals surface area contributed by atoms with E-state index in [1.807, 2.05) is 13.1 Å². The molecular weight excluding hydrogens is 244 g/mol. The molecule has 0 amide bonds. The molecule has 2 heterocycles. The summed E-state index contributed by atoms with van der Waals surface area (Å²) < 4.78 is 5.32. The van der Waals surface area contributed by atoms with Crippen LogP contribution >= 0.6 is 0 Å². The number of rotatable bonds is 6.